The van der Waals surface area contributed by atoms with Gasteiger partial charge in [-0.05, 0) is 25.1 Å². The number of benzene rings is 1. The van der Waals surface area contributed by atoms with Gasteiger partial charge in [-0.2, -0.15) is 4.31 Å². The number of morpholine rings is 1. The van der Waals surface area contributed by atoms with E-state index in [0.29, 0.717) is 45.0 Å². The van der Waals surface area contributed by atoms with Crippen molar-refractivity contribution in [2.45, 2.75) is 17.9 Å². The number of nitrogens with one attached hydrogen (secondary N) is 1. The minimum absolute atomic E-state index is 0.123. The molecular formula is C16H23N3O4S. The summed E-state index contributed by atoms with van der Waals surface area (Å²) in [5.74, 6) is -0.123. The predicted octanol–water partition coefficient (Wildman–Crippen LogP) is 0.141. The van der Waals surface area contributed by atoms with Crippen LogP contribution in [0.4, 0.5) is 0 Å². The summed E-state index contributed by atoms with van der Waals surface area (Å²) < 4.78 is 32.1. The van der Waals surface area contributed by atoms with E-state index < -0.39 is 10.0 Å². The molecule has 2 aliphatic heterocycles. The quantitative estimate of drug-likeness (QED) is 0.836. The van der Waals surface area contributed by atoms with E-state index in [2.05, 4.69) is 5.32 Å². The van der Waals surface area contributed by atoms with Crippen LogP contribution in [-0.4, -0.2) is 75.5 Å². The Kier molecular flexibility index (Phi) is 5.19. The Morgan fingerprint density at radius 1 is 1.25 bits per heavy atom. The van der Waals surface area contributed by atoms with Gasteiger partial charge in [0.1, 0.15) is 0 Å². The van der Waals surface area contributed by atoms with Crippen molar-refractivity contribution in [2.24, 2.45) is 0 Å². The van der Waals surface area contributed by atoms with Crippen molar-refractivity contribution in [3.63, 3.8) is 0 Å². The van der Waals surface area contributed by atoms with Gasteiger partial charge in [0.15, 0.2) is 0 Å². The molecule has 2 aliphatic rings. The maximum absolute atomic E-state index is 12.7. The van der Waals surface area contributed by atoms with E-state index in [1.807, 2.05) is 6.92 Å². The third kappa shape index (κ3) is 3.61. The molecule has 0 aliphatic carbocycles. The molecule has 3 rings (SSSR count). The van der Waals surface area contributed by atoms with Gasteiger partial charge in [-0.15, -0.1) is 0 Å². The van der Waals surface area contributed by atoms with Crippen LogP contribution in [0.15, 0.2) is 29.2 Å². The molecule has 0 aromatic heterocycles. The summed E-state index contributed by atoms with van der Waals surface area (Å²) in [6.45, 7) is 5.51. The lowest BCUT2D eigenvalue weighted by Gasteiger charge is -2.32. The smallest absolute Gasteiger partial charge is 0.253 e. The molecule has 1 aromatic carbocycles. The third-order valence-corrected chi connectivity index (χ3v) is 6.24. The molecule has 1 amide bonds. The van der Waals surface area contributed by atoms with Gasteiger partial charge in [-0.3, -0.25) is 4.79 Å². The molecule has 1 N–H and O–H groups in total. The minimum atomic E-state index is -3.59. The number of rotatable bonds is 3. The summed E-state index contributed by atoms with van der Waals surface area (Å²) in [6, 6.07) is 6.57. The van der Waals surface area contributed by atoms with Crippen LogP contribution in [0.3, 0.4) is 0 Å². The zero-order chi connectivity index (χ0) is 17.2. The SMILES string of the molecule is CC1CN(C(=O)c2cccc(S(=O)(=O)N3CCOCC3)c2)CCN1. The lowest BCUT2D eigenvalue weighted by molar-refractivity contribution is 0.0708. The van der Waals surface area contributed by atoms with E-state index in [1.165, 1.54) is 10.4 Å². The topological polar surface area (TPSA) is 79.0 Å². The van der Waals surface area contributed by atoms with Gasteiger partial charge in [0.25, 0.3) is 5.91 Å². The number of nitrogens with zero attached hydrogens (tertiary/aromatic N) is 2. The molecule has 1 atom stereocenters. The highest BCUT2D eigenvalue weighted by molar-refractivity contribution is 7.89. The summed E-state index contributed by atoms with van der Waals surface area (Å²) in [7, 11) is -3.59. The summed E-state index contributed by atoms with van der Waals surface area (Å²) in [5.41, 5.74) is 0.415. The lowest BCUT2D eigenvalue weighted by atomic mass is 10.1. The fourth-order valence-corrected chi connectivity index (χ4v) is 4.48. The van der Waals surface area contributed by atoms with Crippen molar-refractivity contribution in [3.8, 4) is 0 Å². The van der Waals surface area contributed by atoms with E-state index in [4.69, 9.17) is 4.74 Å². The Morgan fingerprint density at radius 3 is 2.71 bits per heavy atom. The fourth-order valence-electron chi connectivity index (χ4n) is 3.02. The zero-order valence-electron chi connectivity index (χ0n) is 13.8. The fraction of sp³-hybridized carbons (Fsp3) is 0.562. The second-order valence-electron chi connectivity index (χ2n) is 6.15. The molecule has 24 heavy (non-hydrogen) atoms. The highest BCUT2D eigenvalue weighted by atomic mass is 32.2. The molecule has 7 nitrogen and oxygen atoms in total. The number of carbonyl (C=O) groups is 1. The van der Waals surface area contributed by atoms with Crippen molar-refractivity contribution in [3.05, 3.63) is 29.8 Å². The Morgan fingerprint density at radius 2 is 2.00 bits per heavy atom. The predicted molar refractivity (Wildman–Crippen MR) is 89.4 cm³/mol. The van der Waals surface area contributed by atoms with Gasteiger partial charge >= 0.3 is 0 Å². The second-order valence-corrected chi connectivity index (χ2v) is 8.09. The van der Waals surface area contributed by atoms with E-state index in [-0.39, 0.29) is 16.8 Å². The van der Waals surface area contributed by atoms with Gasteiger partial charge in [-0.25, -0.2) is 8.42 Å². The standard InChI is InChI=1S/C16H23N3O4S/c1-13-12-18(6-5-17-13)16(20)14-3-2-4-15(11-14)24(21,22)19-7-9-23-10-8-19/h2-4,11,13,17H,5-10,12H2,1H3. The van der Waals surface area contributed by atoms with E-state index in [0.717, 1.165) is 6.54 Å². The van der Waals surface area contributed by atoms with Crippen LogP contribution >= 0.6 is 0 Å². The average Bonchev–Trinajstić information content (AvgIpc) is 2.62. The molecular weight excluding hydrogens is 330 g/mol. The van der Waals surface area contributed by atoms with Crippen molar-refractivity contribution in [1.29, 1.82) is 0 Å². The first-order valence-corrected chi connectivity index (χ1v) is 9.63. The first kappa shape index (κ1) is 17.3. The van der Waals surface area contributed by atoms with Crippen LogP contribution in [0.25, 0.3) is 0 Å². The molecule has 132 valence electrons. The Labute approximate surface area is 142 Å². The molecule has 0 spiro atoms. The van der Waals surface area contributed by atoms with Crippen molar-refractivity contribution in [1.82, 2.24) is 14.5 Å². The Hall–Kier alpha value is -1.48. The number of hydrogen-bond acceptors (Lipinski definition) is 5. The highest BCUT2D eigenvalue weighted by Gasteiger charge is 2.28. The number of hydrogen-bond donors (Lipinski definition) is 1. The largest absolute Gasteiger partial charge is 0.379 e. The molecule has 1 aromatic rings. The highest BCUT2D eigenvalue weighted by Crippen LogP contribution is 2.19. The number of ether oxygens (including phenoxy) is 1. The number of piperazine rings is 1. The minimum Gasteiger partial charge on any atom is -0.379 e. The van der Waals surface area contributed by atoms with Crippen LogP contribution in [0, 0.1) is 0 Å². The molecule has 1 unspecified atom stereocenters. The van der Waals surface area contributed by atoms with Crippen molar-refractivity contribution in [2.75, 3.05) is 45.9 Å². The van der Waals surface area contributed by atoms with Crippen molar-refractivity contribution >= 4 is 15.9 Å². The summed E-state index contributed by atoms with van der Waals surface area (Å²) >= 11 is 0. The summed E-state index contributed by atoms with van der Waals surface area (Å²) in [4.78, 5) is 14.6. The maximum atomic E-state index is 12.7. The van der Waals surface area contributed by atoms with Crippen LogP contribution in [0.5, 0.6) is 0 Å². The number of sulfonamides is 1. The Bertz CT molecular complexity index is 701. The Balaban J connectivity index is 1.82. The molecule has 2 heterocycles. The van der Waals surface area contributed by atoms with E-state index >= 15 is 0 Å². The average molecular weight is 353 g/mol. The molecule has 0 bridgehead atoms. The third-order valence-electron chi connectivity index (χ3n) is 4.34. The van der Waals surface area contributed by atoms with Gasteiger partial charge in [0.05, 0.1) is 18.1 Å². The van der Waals surface area contributed by atoms with Gasteiger partial charge in [0, 0.05) is 44.3 Å². The van der Waals surface area contributed by atoms with Crippen LogP contribution in [-0.2, 0) is 14.8 Å². The molecule has 0 radical (unpaired) electrons. The van der Waals surface area contributed by atoms with Gasteiger partial charge in [0.2, 0.25) is 10.0 Å². The van der Waals surface area contributed by atoms with Crippen LogP contribution in [0.2, 0.25) is 0 Å². The lowest BCUT2D eigenvalue weighted by Crippen LogP contribution is -2.51. The maximum Gasteiger partial charge on any atom is 0.253 e. The van der Waals surface area contributed by atoms with E-state index in [9.17, 15) is 13.2 Å². The molecule has 2 fully saturated rings. The molecule has 2 saturated heterocycles. The first-order valence-electron chi connectivity index (χ1n) is 8.19. The number of carbonyl (C=O) groups excluding carboxylic acids is 1. The monoisotopic (exact) mass is 353 g/mol. The van der Waals surface area contributed by atoms with Crippen LogP contribution in [0.1, 0.15) is 17.3 Å². The zero-order valence-corrected chi connectivity index (χ0v) is 14.6. The van der Waals surface area contributed by atoms with E-state index in [1.54, 1.807) is 23.1 Å². The molecule has 0 saturated carbocycles. The number of amides is 1. The summed E-state index contributed by atoms with van der Waals surface area (Å²) in [6.07, 6.45) is 0. The first-order chi connectivity index (χ1) is 11.5. The second kappa shape index (κ2) is 7.18. The molecule has 8 heteroatoms. The normalized spacial score (nSPS) is 23.2. The van der Waals surface area contributed by atoms with Crippen molar-refractivity contribution < 1.29 is 17.9 Å². The summed E-state index contributed by atoms with van der Waals surface area (Å²) in [5, 5.41) is 3.29. The van der Waals surface area contributed by atoms with Gasteiger partial charge in [-0.1, -0.05) is 6.07 Å². The van der Waals surface area contributed by atoms with Gasteiger partial charge < -0.3 is 15.0 Å². The van der Waals surface area contributed by atoms with Crippen LogP contribution < -0.4 is 5.32 Å².